The van der Waals surface area contributed by atoms with E-state index in [2.05, 4.69) is 0 Å². The summed E-state index contributed by atoms with van der Waals surface area (Å²) in [5, 5.41) is 1.18. The van der Waals surface area contributed by atoms with Gasteiger partial charge in [0.25, 0.3) is 11.1 Å². The van der Waals surface area contributed by atoms with Crippen molar-refractivity contribution in [2.24, 2.45) is 0 Å². The fourth-order valence-corrected chi connectivity index (χ4v) is 5.76. The summed E-state index contributed by atoms with van der Waals surface area (Å²) in [4.78, 5) is 40.3. The van der Waals surface area contributed by atoms with Crippen molar-refractivity contribution in [1.82, 2.24) is 9.80 Å². The number of thioether (sulfide) groups is 1. The van der Waals surface area contributed by atoms with Gasteiger partial charge in [-0.2, -0.15) is 8.42 Å². The molecule has 2 saturated heterocycles. The molecule has 0 spiro atoms. The van der Waals surface area contributed by atoms with Gasteiger partial charge in [-0.05, 0) is 58.4 Å². The van der Waals surface area contributed by atoms with E-state index in [1.807, 2.05) is 24.3 Å². The highest BCUT2D eigenvalue weighted by Crippen LogP contribution is 2.32. The Balaban J connectivity index is 1.26. The standard InChI is InChI=1S/C26H22N2O7S2/c29-24(27-11-13-34-14-12-27)17-28-25(30)23(36-26(28)31)15-18-5-8-21(9-6-18)35-37(32,33)22-10-7-19-3-1-2-4-20(19)16-22/h1-10,15-16H,11-14,17H2/b23-15-. The Morgan fingerprint density at radius 3 is 2.41 bits per heavy atom. The molecule has 2 fully saturated rings. The van der Waals surface area contributed by atoms with Crippen LogP contribution in [0.15, 0.2) is 76.5 Å². The highest BCUT2D eigenvalue weighted by atomic mass is 32.2. The number of fused-ring (bicyclic) bond motifs is 1. The van der Waals surface area contributed by atoms with Crippen LogP contribution in [0.5, 0.6) is 5.75 Å². The van der Waals surface area contributed by atoms with Gasteiger partial charge in [-0.25, -0.2) is 0 Å². The van der Waals surface area contributed by atoms with Gasteiger partial charge in [0.2, 0.25) is 5.91 Å². The minimum absolute atomic E-state index is 0.0376. The second-order valence-corrected chi connectivity index (χ2v) is 10.9. The first-order chi connectivity index (χ1) is 17.8. The predicted octanol–water partition coefficient (Wildman–Crippen LogP) is 3.50. The average Bonchev–Trinajstić information content (AvgIpc) is 3.17. The number of benzene rings is 3. The normalized spacial score (nSPS) is 17.6. The van der Waals surface area contributed by atoms with Crippen LogP contribution in [0.2, 0.25) is 0 Å². The number of rotatable bonds is 6. The van der Waals surface area contributed by atoms with E-state index < -0.39 is 21.3 Å². The minimum atomic E-state index is -4.05. The fourth-order valence-electron chi connectivity index (χ4n) is 3.95. The molecule has 3 amide bonds. The first-order valence-corrected chi connectivity index (χ1v) is 13.7. The zero-order chi connectivity index (χ0) is 26.0. The molecule has 0 unspecified atom stereocenters. The Kier molecular flexibility index (Phi) is 7.00. The zero-order valence-corrected chi connectivity index (χ0v) is 21.2. The maximum absolute atomic E-state index is 12.8. The van der Waals surface area contributed by atoms with Gasteiger partial charge in [0, 0.05) is 13.1 Å². The third-order valence-electron chi connectivity index (χ3n) is 5.92. The van der Waals surface area contributed by atoms with Crippen molar-refractivity contribution in [3.8, 4) is 5.75 Å². The van der Waals surface area contributed by atoms with E-state index in [1.54, 1.807) is 29.2 Å². The average molecular weight is 539 g/mol. The number of carbonyl (C=O) groups excluding carboxylic acids is 3. The van der Waals surface area contributed by atoms with Crippen LogP contribution in [-0.2, 0) is 24.4 Å². The van der Waals surface area contributed by atoms with E-state index in [9.17, 15) is 22.8 Å². The summed E-state index contributed by atoms with van der Waals surface area (Å²) in [7, 11) is -4.05. The molecule has 2 aliphatic rings. The number of carbonyl (C=O) groups is 3. The van der Waals surface area contributed by atoms with Crippen molar-refractivity contribution in [3.05, 3.63) is 77.2 Å². The molecule has 0 atom stereocenters. The Bertz CT molecular complexity index is 1510. The molecule has 3 aromatic carbocycles. The molecule has 0 aromatic heterocycles. The molecule has 37 heavy (non-hydrogen) atoms. The Morgan fingerprint density at radius 1 is 0.973 bits per heavy atom. The molecule has 9 nitrogen and oxygen atoms in total. The summed E-state index contributed by atoms with van der Waals surface area (Å²) in [5.74, 6) is -0.744. The molecule has 0 bridgehead atoms. The molecule has 5 rings (SSSR count). The van der Waals surface area contributed by atoms with E-state index in [0.29, 0.717) is 31.9 Å². The van der Waals surface area contributed by atoms with E-state index in [0.717, 1.165) is 27.4 Å². The monoisotopic (exact) mass is 538 g/mol. The highest BCUT2D eigenvalue weighted by Gasteiger charge is 2.37. The van der Waals surface area contributed by atoms with Gasteiger partial charge < -0.3 is 13.8 Å². The van der Waals surface area contributed by atoms with Gasteiger partial charge in [0.1, 0.15) is 17.2 Å². The fraction of sp³-hybridized carbons (Fsp3) is 0.192. The maximum atomic E-state index is 12.8. The quantitative estimate of drug-likeness (QED) is 0.347. The number of amides is 3. The molecule has 11 heteroatoms. The van der Waals surface area contributed by atoms with Gasteiger partial charge in [-0.1, -0.05) is 42.5 Å². The second-order valence-electron chi connectivity index (χ2n) is 8.38. The van der Waals surface area contributed by atoms with Crippen molar-refractivity contribution in [2.45, 2.75) is 4.90 Å². The summed E-state index contributed by atoms with van der Waals surface area (Å²) in [5.41, 5.74) is 0.570. The van der Waals surface area contributed by atoms with Crippen molar-refractivity contribution in [1.29, 1.82) is 0 Å². The third kappa shape index (κ3) is 5.53. The summed E-state index contributed by atoms with van der Waals surface area (Å²) in [6.45, 7) is 1.39. The lowest BCUT2D eigenvalue weighted by Gasteiger charge is -2.28. The number of hydrogen-bond acceptors (Lipinski definition) is 8. The van der Waals surface area contributed by atoms with Crippen molar-refractivity contribution < 1.29 is 31.7 Å². The van der Waals surface area contributed by atoms with Gasteiger partial charge in [0.05, 0.1) is 18.1 Å². The summed E-state index contributed by atoms with van der Waals surface area (Å²) in [6.07, 6.45) is 1.52. The largest absolute Gasteiger partial charge is 0.379 e. The van der Waals surface area contributed by atoms with Crippen molar-refractivity contribution in [2.75, 3.05) is 32.8 Å². The van der Waals surface area contributed by atoms with Crippen LogP contribution in [0.25, 0.3) is 16.8 Å². The van der Waals surface area contributed by atoms with Crippen LogP contribution in [0, 0.1) is 0 Å². The summed E-state index contributed by atoms with van der Waals surface area (Å²) < 4.78 is 36.0. The number of morpholine rings is 1. The molecule has 0 radical (unpaired) electrons. The molecule has 0 saturated carbocycles. The Hall–Kier alpha value is -3.67. The molecule has 0 N–H and O–H groups in total. The van der Waals surface area contributed by atoms with Gasteiger partial charge in [-0.3, -0.25) is 19.3 Å². The van der Waals surface area contributed by atoms with Crippen molar-refractivity contribution >= 4 is 55.8 Å². The summed E-state index contributed by atoms with van der Waals surface area (Å²) in [6, 6.07) is 18.3. The lowest BCUT2D eigenvalue weighted by Crippen LogP contribution is -2.46. The van der Waals surface area contributed by atoms with E-state index in [4.69, 9.17) is 8.92 Å². The van der Waals surface area contributed by atoms with E-state index >= 15 is 0 Å². The first-order valence-electron chi connectivity index (χ1n) is 11.4. The molecule has 3 aromatic rings. The topological polar surface area (TPSA) is 110 Å². The lowest BCUT2D eigenvalue weighted by atomic mass is 10.1. The van der Waals surface area contributed by atoms with Crippen LogP contribution >= 0.6 is 11.8 Å². The lowest BCUT2D eigenvalue weighted by molar-refractivity contribution is -0.139. The summed E-state index contributed by atoms with van der Waals surface area (Å²) >= 11 is 0.754. The van der Waals surface area contributed by atoms with Gasteiger partial charge in [0.15, 0.2) is 0 Å². The second kappa shape index (κ2) is 10.4. The zero-order valence-electron chi connectivity index (χ0n) is 19.5. The minimum Gasteiger partial charge on any atom is -0.379 e. The van der Waals surface area contributed by atoms with Crippen LogP contribution in [0.3, 0.4) is 0 Å². The SMILES string of the molecule is O=C(CN1C(=O)S/C(=C\c2ccc(OS(=O)(=O)c3ccc4ccccc4c3)cc2)C1=O)N1CCOCC1. The maximum Gasteiger partial charge on any atom is 0.339 e. The van der Waals surface area contributed by atoms with Crippen LogP contribution in [-0.4, -0.2) is 68.1 Å². The van der Waals surface area contributed by atoms with E-state index in [1.165, 1.54) is 24.3 Å². The number of hydrogen-bond donors (Lipinski definition) is 0. The molecular weight excluding hydrogens is 516 g/mol. The van der Waals surface area contributed by atoms with E-state index in [-0.39, 0.29) is 28.0 Å². The predicted molar refractivity (Wildman–Crippen MR) is 138 cm³/mol. The smallest absolute Gasteiger partial charge is 0.339 e. The van der Waals surface area contributed by atoms with Crippen LogP contribution < -0.4 is 4.18 Å². The first kappa shape index (κ1) is 25.0. The molecular formula is C26H22N2O7S2. The highest BCUT2D eigenvalue weighted by molar-refractivity contribution is 8.18. The molecule has 2 heterocycles. The number of imide groups is 1. The molecule has 0 aliphatic carbocycles. The Labute approximate surface area is 217 Å². The van der Waals surface area contributed by atoms with Crippen LogP contribution in [0.1, 0.15) is 5.56 Å². The Morgan fingerprint density at radius 2 is 1.68 bits per heavy atom. The van der Waals surface area contributed by atoms with Gasteiger partial charge >= 0.3 is 10.1 Å². The number of nitrogens with zero attached hydrogens (tertiary/aromatic N) is 2. The third-order valence-corrected chi connectivity index (χ3v) is 8.07. The van der Waals surface area contributed by atoms with Crippen LogP contribution in [0.4, 0.5) is 4.79 Å². The van der Waals surface area contributed by atoms with Gasteiger partial charge in [-0.15, -0.1) is 0 Å². The number of ether oxygens (including phenoxy) is 1. The molecule has 2 aliphatic heterocycles. The van der Waals surface area contributed by atoms with Crippen molar-refractivity contribution in [3.63, 3.8) is 0 Å². The molecule has 190 valence electrons.